The van der Waals surface area contributed by atoms with Crippen molar-refractivity contribution in [3.05, 3.63) is 67.1 Å². The minimum atomic E-state index is -0.154. The van der Waals surface area contributed by atoms with Crippen LogP contribution in [0.2, 0.25) is 0 Å². The van der Waals surface area contributed by atoms with Crippen LogP contribution in [0.3, 0.4) is 0 Å². The molecule has 1 aromatic carbocycles. The van der Waals surface area contributed by atoms with Gasteiger partial charge in [-0.2, -0.15) is 5.10 Å². The maximum absolute atomic E-state index is 11.9. The van der Waals surface area contributed by atoms with Crippen molar-refractivity contribution in [1.29, 1.82) is 0 Å². The summed E-state index contributed by atoms with van der Waals surface area (Å²) < 4.78 is 7.19. The van der Waals surface area contributed by atoms with E-state index >= 15 is 0 Å². The quantitative estimate of drug-likeness (QED) is 0.785. The number of pyridine rings is 1. The van der Waals surface area contributed by atoms with Gasteiger partial charge in [0, 0.05) is 36.4 Å². The predicted molar refractivity (Wildman–Crippen MR) is 81.6 cm³/mol. The number of amides is 1. The molecule has 0 atom stereocenters. The zero-order valence-electron chi connectivity index (χ0n) is 11.7. The molecule has 0 radical (unpaired) electrons. The van der Waals surface area contributed by atoms with Crippen molar-refractivity contribution >= 4 is 11.6 Å². The summed E-state index contributed by atoms with van der Waals surface area (Å²) in [6.07, 6.45) is 5.03. The molecule has 110 valence electrons. The Morgan fingerprint density at radius 3 is 2.86 bits per heavy atom. The van der Waals surface area contributed by atoms with Crippen LogP contribution >= 0.6 is 0 Å². The molecule has 0 aliphatic rings. The molecule has 0 fully saturated rings. The third-order valence-electron chi connectivity index (χ3n) is 2.84. The van der Waals surface area contributed by atoms with Crippen LogP contribution < -0.4 is 10.1 Å². The summed E-state index contributed by atoms with van der Waals surface area (Å²) in [5.41, 5.74) is 0.658. The van der Waals surface area contributed by atoms with Crippen LogP contribution in [0.5, 0.6) is 11.6 Å². The van der Waals surface area contributed by atoms with Crippen molar-refractivity contribution in [2.45, 2.75) is 6.54 Å². The summed E-state index contributed by atoms with van der Waals surface area (Å²) in [7, 11) is 0. The lowest BCUT2D eigenvalue weighted by atomic mass is 10.3. The highest BCUT2D eigenvalue weighted by atomic mass is 16.5. The van der Waals surface area contributed by atoms with Crippen LogP contribution in [0.4, 0.5) is 5.69 Å². The van der Waals surface area contributed by atoms with E-state index in [0.29, 0.717) is 17.3 Å². The normalized spacial score (nSPS) is 10.2. The van der Waals surface area contributed by atoms with Crippen LogP contribution in [0.25, 0.3) is 0 Å². The van der Waals surface area contributed by atoms with Crippen LogP contribution in [0, 0.1) is 0 Å². The Bertz CT molecular complexity index is 742. The number of ether oxygens (including phenoxy) is 1. The number of carbonyl (C=O) groups is 1. The SMILES string of the molecule is O=C(Cn1cccn1)Nc1cccc(Oc2ccccn2)c1. The van der Waals surface area contributed by atoms with Crippen LogP contribution in [-0.2, 0) is 11.3 Å². The zero-order valence-corrected chi connectivity index (χ0v) is 11.7. The second-order valence-corrected chi connectivity index (χ2v) is 4.55. The first kappa shape index (κ1) is 13.8. The fraction of sp³-hybridized carbons (Fsp3) is 0.0625. The van der Waals surface area contributed by atoms with E-state index in [0.717, 1.165) is 0 Å². The molecule has 2 heterocycles. The Hall–Kier alpha value is -3.15. The molecule has 6 nitrogen and oxygen atoms in total. The molecule has 0 aliphatic heterocycles. The zero-order chi connectivity index (χ0) is 15.2. The van der Waals surface area contributed by atoms with Gasteiger partial charge in [0.05, 0.1) is 0 Å². The molecule has 1 N–H and O–H groups in total. The van der Waals surface area contributed by atoms with Gasteiger partial charge in [0.2, 0.25) is 11.8 Å². The van der Waals surface area contributed by atoms with Gasteiger partial charge in [0.15, 0.2) is 0 Å². The summed E-state index contributed by atoms with van der Waals surface area (Å²) in [4.78, 5) is 16.0. The summed E-state index contributed by atoms with van der Waals surface area (Å²) in [6.45, 7) is 0.165. The van der Waals surface area contributed by atoms with Crippen molar-refractivity contribution in [1.82, 2.24) is 14.8 Å². The first-order valence-electron chi connectivity index (χ1n) is 6.76. The van der Waals surface area contributed by atoms with Gasteiger partial charge in [0.1, 0.15) is 12.3 Å². The van der Waals surface area contributed by atoms with Crippen molar-refractivity contribution < 1.29 is 9.53 Å². The van der Waals surface area contributed by atoms with Crippen molar-refractivity contribution in [3.63, 3.8) is 0 Å². The Kier molecular flexibility index (Phi) is 4.10. The number of nitrogens with zero attached hydrogens (tertiary/aromatic N) is 3. The van der Waals surface area contributed by atoms with Crippen LogP contribution in [0.15, 0.2) is 67.1 Å². The number of hydrogen-bond acceptors (Lipinski definition) is 4. The van der Waals surface area contributed by atoms with E-state index in [1.54, 1.807) is 53.6 Å². The number of carbonyl (C=O) groups excluding carboxylic acids is 1. The van der Waals surface area contributed by atoms with E-state index in [1.807, 2.05) is 18.2 Å². The molecule has 3 rings (SSSR count). The predicted octanol–water partition coefficient (Wildman–Crippen LogP) is 2.71. The smallest absolute Gasteiger partial charge is 0.246 e. The highest BCUT2D eigenvalue weighted by Crippen LogP contribution is 2.22. The Balaban J connectivity index is 1.65. The molecule has 22 heavy (non-hydrogen) atoms. The molecule has 0 saturated heterocycles. The first-order valence-corrected chi connectivity index (χ1v) is 6.76. The van der Waals surface area contributed by atoms with Gasteiger partial charge >= 0.3 is 0 Å². The highest BCUT2D eigenvalue weighted by molar-refractivity contribution is 5.90. The van der Waals surface area contributed by atoms with Gasteiger partial charge in [-0.25, -0.2) is 4.98 Å². The lowest BCUT2D eigenvalue weighted by molar-refractivity contribution is -0.116. The summed E-state index contributed by atoms with van der Waals surface area (Å²) >= 11 is 0. The minimum absolute atomic E-state index is 0.154. The van der Waals surface area contributed by atoms with E-state index in [-0.39, 0.29) is 12.5 Å². The topological polar surface area (TPSA) is 69.0 Å². The number of anilines is 1. The molecule has 3 aromatic rings. The Morgan fingerprint density at radius 1 is 1.14 bits per heavy atom. The van der Waals surface area contributed by atoms with Crippen molar-refractivity contribution in [2.24, 2.45) is 0 Å². The first-order chi connectivity index (χ1) is 10.8. The molecule has 0 aliphatic carbocycles. The molecule has 1 amide bonds. The maximum Gasteiger partial charge on any atom is 0.246 e. The van der Waals surface area contributed by atoms with Gasteiger partial charge in [-0.15, -0.1) is 0 Å². The molecule has 0 spiro atoms. The Morgan fingerprint density at radius 2 is 2.09 bits per heavy atom. The number of nitrogens with one attached hydrogen (secondary N) is 1. The van der Waals surface area contributed by atoms with Gasteiger partial charge in [0.25, 0.3) is 0 Å². The molecule has 2 aromatic heterocycles. The van der Waals surface area contributed by atoms with E-state index < -0.39 is 0 Å². The largest absolute Gasteiger partial charge is 0.439 e. The number of benzene rings is 1. The van der Waals surface area contributed by atoms with E-state index in [4.69, 9.17) is 4.74 Å². The Labute approximate surface area is 127 Å². The van der Waals surface area contributed by atoms with Crippen LogP contribution in [-0.4, -0.2) is 20.7 Å². The average molecular weight is 294 g/mol. The second kappa shape index (κ2) is 6.53. The van der Waals surface area contributed by atoms with E-state index in [1.165, 1.54) is 0 Å². The highest BCUT2D eigenvalue weighted by Gasteiger charge is 2.05. The molecular formula is C16H14N4O2. The third kappa shape index (κ3) is 3.69. The van der Waals surface area contributed by atoms with Crippen molar-refractivity contribution in [3.8, 4) is 11.6 Å². The van der Waals surface area contributed by atoms with Crippen molar-refractivity contribution in [2.75, 3.05) is 5.32 Å². The molecule has 0 bridgehead atoms. The number of hydrogen-bond donors (Lipinski definition) is 1. The minimum Gasteiger partial charge on any atom is -0.439 e. The van der Waals surface area contributed by atoms with Gasteiger partial charge in [-0.1, -0.05) is 12.1 Å². The molecule has 0 saturated carbocycles. The molecule has 0 unspecified atom stereocenters. The summed E-state index contributed by atoms with van der Waals surface area (Å²) in [5.74, 6) is 0.955. The van der Waals surface area contributed by atoms with Gasteiger partial charge < -0.3 is 10.1 Å². The third-order valence-corrected chi connectivity index (χ3v) is 2.84. The van der Waals surface area contributed by atoms with Crippen LogP contribution in [0.1, 0.15) is 0 Å². The maximum atomic E-state index is 11.9. The van der Waals surface area contributed by atoms with E-state index in [9.17, 15) is 4.79 Å². The molecular weight excluding hydrogens is 280 g/mol. The van der Waals surface area contributed by atoms with Gasteiger partial charge in [-0.05, 0) is 24.3 Å². The van der Waals surface area contributed by atoms with Gasteiger partial charge in [-0.3, -0.25) is 9.48 Å². The summed E-state index contributed by atoms with van der Waals surface area (Å²) in [5, 5.41) is 6.80. The summed E-state index contributed by atoms with van der Waals surface area (Å²) in [6, 6.07) is 14.4. The lowest BCUT2D eigenvalue weighted by Gasteiger charge is -2.08. The lowest BCUT2D eigenvalue weighted by Crippen LogP contribution is -2.18. The number of aromatic nitrogens is 3. The fourth-order valence-corrected chi connectivity index (χ4v) is 1.91. The monoisotopic (exact) mass is 294 g/mol. The van der Waals surface area contributed by atoms with E-state index in [2.05, 4.69) is 15.4 Å². The number of rotatable bonds is 5. The molecule has 6 heteroatoms. The average Bonchev–Trinajstić information content (AvgIpc) is 3.01. The fourth-order valence-electron chi connectivity index (χ4n) is 1.91. The second-order valence-electron chi connectivity index (χ2n) is 4.55. The standard InChI is InChI=1S/C16H14N4O2/c21-15(12-20-10-4-9-18-20)19-13-5-3-6-14(11-13)22-16-7-1-2-8-17-16/h1-11H,12H2,(H,19,21).